The van der Waals surface area contributed by atoms with Gasteiger partial charge in [-0.3, -0.25) is 9.59 Å². The van der Waals surface area contributed by atoms with E-state index in [2.05, 4.69) is 20.1 Å². The molecule has 0 saturated heterocycles. The first-order valence-electron chi connectivity index (χ1n) is 27.8. The molecule has 86 heavy (non-hydrogen) atoms. The lowest BCUT2D eigenvalue weighted by Gasteiger charge is -2.42. The highest BCUT2D eigenvalue weighted by molar-refractivity contribution is 5.92. The van der Waals surface area contributed by atoms with E-state index in [1.165, 1.54) is 12.1 Å². The first-order chi connectivity index (χ1) is 40.1. The maximum atomic E-state index is 14.0. The summed E-state index contributed by atoms with van der Waals surface area (Å²) in [6, 6.07) is 13.6. The summed E-state index contributed by atoms with van der Waals surface area (Å²) in [5, 5.41) is 7.56. The Morgan fingerprint density at radius 1 is 0.500 bits per heavy atom. The Morgan fingerprint density at radius 3 is 1.10 bits per heavy atom. The molecule has 0 spiro atoms. The zero-order valence-corrected chi connectivity index (χ0v) is 47.4. The maximum Gasteiger partial charge on any atom is 0.416 e. The molecule has 2 saturated carbocycles. The molecule has 4 aromatic rings. The number of aryl methyl sites for hydroxylation is 2. The molecule has 0 unspecified atom stereocenters. The van der Waals surface area contributed by atoms with Gasteiger partial charge in [-0.25, -0.2) is 9.59 Å². The van der Waals surface area contributed by atoms with Crippen molar-refractivity contribution in [2.24, 2.45) is 45.7 Å². The fourth-order valence-corrected chi connectivity index (χ4v) is 12.1. The minimum Gasteiger partial charge on any atom is -0.461 e. The van der Waals surface area contributed by atoms with Crippen LogP contribution in [0.4, 0.5) is 52.7 Å². The van der Waals surface area contributed by atoms with Crippen molar-refractivity contribution in [2.75, 3.05) is 0 Å². The molecule has 0 N–H and O–H groups in total. The topological polar surface area (TPSA) is 203 Å². The number of halogens is 12. The summed E-state index contributed by atoms with van der Waals surface area (Å²) < 4.78 is 185. The zero-order chi connectivity index (χ0) is 63.5. The molecule has 0 radical (unpaired) electrons. The summed E-state index contributed by atoms with van der Waals surface area (Å²) in [6.07, 6.45) is -20.6. The number of esters is 4. The van der Waals surface area contributed by atoms with Gasteiger partial charge < -0.3 is 18.9 Å². The molecule has 4 aliphatic carbocycles. The summed E-state index contributed by atoms with van der Waals surface area (Å²) in [7, 11) is 0. The van der Waals surface area contributed by atoms with Gasteiger partial charge in [0.05, 0.1) is 33.4 Å². The van der Waals surface area contributed by atoms with E-state index < -0.39 is 117 Å². The number of benzene rings is 4. The van der Waals surface area contributed by atoms with E-state index in [0.717, 1.165) is 25.7 Å². The van der Waals surface area contributed by atoms with Crippen LogP contribution in [0.15, 0.2) is 95.2 Å². The molecule has 14 nitrogen and oxygen atoms in total. The highest BCUT2D eigenvalue weighted by Crippen LogP contribution is 2.49. The summed E-state index contributed by atoms with van der Waals surface area (Å²) >= 11 is 0. The summed E-state index contributed by atoms with van der Waals surface area (Å²) in [5.74, 6) is -4.25. The Labute approximate surface area is 486 Å². The molecule has 0 aliphatic heterocycles. The standard InChI is InChI=1S/2C30H31F6N3O4/c2*1-16(2)22-9-8-17(3)12-24(22)42-27(41)28(38-39-37)11-10-18-6-4-5-7-23(18)25(28)43-26(40)19-13-20(29(31,32)33)15-21(14-19)30(34,35)36/h2*4-7,13-17,22,24-25H,8-12H2,1-3H3/t2*17-,22+,24-,25-,28+/m00/s1. The average Bonchev–Trinajstić information content (AvgIpc) is 0.904. The molecule has 2 fully saturated rings. The van der Waals surface area contributed by atoms with Crippen LogP contribution in [0.3, 0.4) is 0 Å². The lowest BCUT2D eigenvalue weighted by molar-refractivity contribution is -0.169. The maximum absolute atomic E-state index is 14.0. The second kappa shape index (κ2) is 25.9. The number of carbonyl (C=O) groups excluding carboxylic acids is 4. The van der Waals surface area contributed by atoms with Crippen molar-refractivity contribution >= 4 is 23.9 Å². The molecule has 464 valence electrons. The van der Waals surface area contributed by atoms with Crippen LogP contribution in [0, 0.1) is 35.5 Å². The Hall–Kier alpha value is -7.46. The quantitative estimate of drug-likeness (QED) is 0.0333. The molecule has 0 aromatic heterocycles. The number of hydrogen-bond acceptors (Lipinski definition) is 10. The van der Waals surface area contributed by atoms with Gasteiger partial charge in [-0.1, -0.05) is 113 Å². The Morgan fingerprint density at radius 2 is 0.814 bits per heavy atom. The van der Waals surface area contributed by atoms with Crippen molar-refractivity contribution in [2.45, 2.75) is 166 Å². The van der Waals surface area contributed by atoms with Crippen LogP contribution in [0.1, 0.15) is 170 Å². The summed E-state index contributed by atoms with van der Waals surface area (Å²) in [4.78, 5) is 60.3. The normalized spacial score (nSPS) is 25.8. The van der Waals surface area contributed by atoms with Crippen LogP contribution < -0.4 is 0 Å². The van der Waals surface area contributed by atoms with Gasteiger partial charge in [0.25, 0.3) is 0 Å². The van der Waals surface area contributed by atoms with Crippen molar-refractivity contribution in [1.29, 1.82) is 0 Å². The fourth-order valence-electron chi connectivity index (χ4n) is 12.1. The number of nitrogens with zero attached hydrogens (tertiary/aromatic N) is 6. The van der Waals surface area contributed by atoms with Crippen molar-refractivity contribution in [3.63, 3.8) is 0 Å². The van der Waals surface area contributed by atoms with E-state index in [9.17, 15) is 82.9 Å². The van der Waals surface area contributed by atoms with Gasteiger partial charge in [0.15, 0.2) is 11.1 Å². The molecule has 4 aromatic carbocycles. The number of hydrogen-bond donors (Lipinski definition) is 0. The van der Waals surface area contributed by atoms with Gasteiger partial charge in [0.2, 0.25) is 0 Å². The number of ether oxygens (including phenoxy) is 4. The van der Waals surface area contributed by atoms with E-state index in [1.54, 1.807) is 36.4 Å². The number of azide groups is 2. The largest absolute Gasteiger partial charge is 0.461 e. The number of rotatable bonds is 12. The molecule has 4 aliphatic rings. The van der Waals surface area contributed by atoms with Gasteiger partial charge in [-0.2, -0.15) is 52.7 Å². The Balaban J connectivity index is 0.000000246. The Kier molecular flexibility index (Phi) is 19.9. The minimum absolute atomic E-state index is 0.00559. The predicted octanol–water partition coefficient (Wildman–Crippen LogP) is 17.2. The van der Waals surface area contributed by atoms with E-state index in [4.69, 9.17) is 18.9 Å². The monoisotopic (exact) mass is 1220 g/mol. The molecule has 8 rings (SSSR count). The van der Waals surface area contributed by atoms with Gasteiger partial charge in [-0.05, 0) is 157 Å². The lowest BCUT2D eigenvalue weighted by Crippen LogP contribution is -2.50. The van der Waals surface area contributed by atoms with E-state index in [-0.39, 0.29) is 109 Å². The minimum atomic E-state index is -5.20. The third-order valence-corrected chi connectivity index (χ3v) is 16.8. The van der Waals surface area contributed by atoms with Crippen LogP contribution in [-0.4, -0.2) is 47.2 Å². The van der Waals surface area contributed by atoms with Crippen molar-refractivity contribution in [3.05, 3.63) is 161 Å². The Bertz CT molecular complexity index is 2990. The molecule has 10 atom stereocenters. The molecule has 0 amide bonds. The lowest BCUT2D eigenvalue weighted by atomic mass is 9.74. The smallest absolute Gasteiger partial charge is 0.416 e. The third kappa shape index (κ3) is 14.7. The van der Waals surface area contributed by atoms with Gasteiger partial charge >= 0.3 is 48.6 Å². The SMILES string of the molecule is CC(C)[C@H]1CC[C@H](C)C[C@@H]1OC(=O)[C@@]1(N=[N+]=[N-])CCc2ccccc2[C@@H]1OC(=O)c1cc(C(F)(F)F)cc(C(F)(F)F)c1.CC(C)[C@H]1CC[C@H](C)C[C@@H]1OC(=O)[C@@]1(N=[N+]=[N-])CCc2ccccc2[C@@H]1OC(=O)c1cc(C(F)(F)F)cc(C(F)(F)F)c1. The third-order valence-electron chi connectivity index (χ3n) is 16.8. The van der Waals surface area contributed by atoms with E-state index in [1.807, 2.05) is 41.5 Å². The molecule has 0 bridgehead atoms. The average molecular weight is 1220 g/mol. The van der Waals surface area contributed by atoms with Crippen molar-refractivity contribution in [1.82, 2.24) is 0 Å². The zero-order valence-electron chi connectivity index (χ0n) is 47.4. The molecule has 0 heterocycles. The van der Waals surface area contributed by atoms with Crippen LogP contribution in [0.25, 0.3) is 20.9 Å². The first-order valence-corrected chi connectivity index (χ1v) is 27.8. The van der Waals surface area contributed by atoms with Gasteiger partial charge in [0.1, 0.15) is 24.4 Å². The van der Waals surface area contributed by atoms with E-state index >= 15 is 0 Å². The highest BCUT2D eigenvalue weighted by Gasteiger charge is 2.56. The van der Waals surface area contributed by atoms with Crippen LogP contribution in [-0.2, 0) is 66.1 Å². The second-order valence-electron chi connectivity index (χ2n) is 23.3. The summed E-state index contributed by atoms with van der Waals surface area (Å²) in [6.45, 7) is 12.0. The summed E-state index contributed by atoms with van der Waals surface area (Å²) in [5.41, 5.74) is 7.56. The van der Waals surface area contributed by atoms with Gasteiger partial charge in [0, 0.05) is 9.82 Å². The number of carbonyl (C=O) groups is 4. The van der Waals surface area contributed by atoms with Crippen LogP contribution in [0.2, 0.25) is 0 Å². The van der Waals surface area contributed by atoms with Crippen LogP contribution >= 0.6 is 0 Å². The molecular formula is C60H62F12N6O8. The van der Waals surface area contributed by atoms with Gasteiger partial charge in [-0.15, -0.1) is 0 Å². The van der Waals surface area contributed by atoms with Crippen LogP contribution in [0.5, 0.6) is 0 Å². The van der Waals surface area contributed by atoms with Crippen molar-refractivity contribution < 1.29 is 90.8 Å². The van der Waals surface area contributed by atoms with Crippen molar-refractivity contribution in [3.8, 4) is 0 Å². The fraction of sp³-hybridized carbons (Fsp3) is 0.533. The second-order valence-corrected chi connectivity index (χ2v) is 23.3. The first kappa shape index (κ1) is 66.1. The number of alkyl halides is 12. The highest BCUT2D eigenvalue weighted by atomic mass is 19.4. The van der Waals surface area contributed by atoms with E-state index in [0.29, 0.717) is 24.0 Å². The molecule has 26 heteroatoms. The number of fused-ring (bicyclic) bond motifs is 2. The predicted molar refractivity (Wildman–Crippen MR) is 285 cm³/mol. The molecular weight excluding hydrogens is 1160 g/mol.